The van der Waals surface area contributed by atoms with E-state index in [0.717, 1.165) is 33.8 Å². The zero-order valence-corrected chi connectivity index (χ0v) is 11.4. The van der Waals surface area contributed by atoms with E-state index in [9.17, 15) is 0 Å². The van der Waals surface area contributed by atoms with Crippen LogP contribution in [0.4, 0.5) is 5.69 Å². The highest BCUT2D eigenvalue weighted by atomic mass is 35.5. The van der Waals surface area contributed by atoms with Crippen LogP contribution < -0.4 is 5.73 Å². The highest BCUT2D eigenvalue weighted by molar-refractivity contribution is 6.31. The first-order valence-corrected chi connectivity index (χ1v) is 6.32. The predicted octanol–water partition coefficient (Wildman–Crippen LogP) is 3.48. The number of H-pyrrole nitrogens is 1. The number of pyridine rings is 1. The molecule has 4 nitrogen and oxygen atoms in total. The quantitative estimate of drug-likeness (QED) is 0.667. The van der Waals surface area contributed by atoms with Crippen molar-refractivity contribution in [2.45, 2.75) is 13.8 Å². The average Bonchev–Trinajstić information content (AvgIpc) is 2.72. The van der Waals surface area contributed by atoms with Crippen LogP contribution in [-0.4, -0.2) is 15.0 Å². The Morgan fingerprint density at radius 2 is 1.95 bits per heavy atom. The Hall–Kier alpha value is -2.07. The number of nitrogens with one attached hydrogen (secondary N) is 1. The molecule has 0 saturated carbocycles. The molecule has 3 N–H and O–H groups in total. The van der Waals surface area contributed by atoms with E-state index in [-0.39, 0.29) is 0 Å². The number of rotatable bonds is 1. The van der Waals surface area contributed by atoms with Crippen LogP contribution in [0.25, 0.3) is 22.4 Å². The normalized spacial score (nSPS) is 11.1. The zero-order chi connectivity index (χ0) is 13.6. The first kappa shape index (κ1) is 12.0. The lowest BCUT2D eigenvalue weighted by Gasteiger charge is -2.02. The summed E-state index contributed by atoms with van der Waals surface area (Å²) in [5.74, 6) is 0.758. The standard InChI is InChI=1S/C14H13ClN4/c1-7-3-4-10(8(2)17-7)14-18-12-6-9(15)5-11(16)13(12)19-14/h3-6H,16H2,1-2H3,(H,18,19). The van der Waals surface area contributed by atoms with Gasteiger partial charge >= 0.3 is 0 Å². The van der Waals surface area contributed by atoms with Gasteiger partial charge in [0.2, 0.25) is 0 Å². The molecule has 0 spiro atoms. The van der Waals surface area contributed by atoms with Crippen LogP contribution in [0.2, 0.25) is 5.02 Å². The number of aromatic nitrogens is 3. The first-order chi connectivity index (χ1) is 9.04. The van der Waals surface area contributed by atoms with Crippen molar-refractivity contribution in [1.29, 1.82) is 0 Å². The largest absolute Gasteiger partial charge is 0.397 e. The summed E-state index contributed by atoms with van der Waals surface area (Å²) in [6.07, 6.45) is 0. The molecule has 0 bridgehead atoms. The summed E-state index contributed by atoms with van der Waals surface area (Å²) < 4.78 is 0. The number of aryl methyl sites for hydroxylation is 2. The number of halogens is 1. The molecule has 0 atom stereocenters. The fourth-order valence-corrected chi connectivity index (χ4v) is 2.40. The lowest BCUT2D eigenvalue weighted by Crippen LogP contribution is -1.91. The van der Waals surface area contributed by atoms with Crippen molar-refractivity contribution in [3.63, 3.8) is 0 Å². The topological polar surface area (TPSA) is 67.6 Å². The van der Waals surface area contributed by atoms with E-state index in [1.54, 1.807) is 6.07 Å². The number of nitrogens with zero attached hydrogens (tertiary/aromatic N) is 2. The molecule has 1 aromatic carbocycles. The molecule has 5 heteroatoms. The number of hydrogen-bond acceptors (Lipinski definition) is 3. The van der Waals surface area contributed by atoms with Gasteiger partial charge in [0, 0.05) is 22.0 Å². The molecule has 0 unspecified atom stereocenters. The summed E-state index contributed by atoms with van der Waals surface area (Å²) in [5, 5.41) is 0.596. The maximum atomic E-state index is 5.99. The number of hydrogen-bond donors (Lipinski definition) is 2. The van der Waals surface area contributed by atoms with Gasteiger partial charge in [-0.3, -0.25) is 4.98 Å². The Labute approximate surface area is 115 Å². The molecular weight excluding hydrogens is 260 g/mol. The summed E-state index contributed by atoms with van der Waals surface area (Å²) in [7, 11) is 0. The number of nitrogens with two attached hydrogens (primary N) is 1. The van der Waals surface area contributed by atoms with Crippen LogP contribution in [0.5, 0.6) is 0 Å². The fraction of sp³-hybridized carbons (Fsp3) is 0.143. The van der Waals surface area contributed by atoms with Gasteiger partial charge in [0.25, 0.3) is 0 Å². The number of anilines is 1. The lowest BCUT2D eigenvalue weighted by molar-refractivity contribution is 1.11. The van der Waals surface area contributed by atoms with Crippen molar-refractivity contribution >= 4 is 28.3 Å². The summed E-state index contributed by atoms with van der Waals surface area (Å²) in [6.45, 7) is 3.93. The van der Waals surface area contributed by atoms with Crippen LogP contribution in [-0.2, 0) is 0 Å². The number of fused-ring (bicyclic) bond motifs is 1. The van der Waals surface area contributed by atoms with Crippen molar-refractivity contribution in [3.05, 3.63) is 40.7 Å². The second kappa shape index (κ2) is 4.24. The SMILES string of the molecule is Cc1ccc(-c2nc3c(N)cc(Cl)cc3[nH]2)c(C)n1. The first-order valence-electron chi connectivity index (χ1n) is 5.94. The van der Waals surface area contributed by atoms with Gasteiger partial charge in [-0.1, -0.05) is 11.6 Å². The number of benzene rings is 1. The summed E-state index contributed by atoms with van der Waals surface area (Å²) in [4.78, 5) is 12.2. The van der Waals surface area contributed by atoms with E-state index < -0.39 is 0 Å². The van der Waals surface area contributed by atoms with E-state index in [2.05, 4.69) is 15.0 Å². The number of imidazole rings is 1. The highest BCUT2D eigenvalue weighted by Gasteiger charge is 2.11. The fourth-order valence-electron chi connectivity index (χ4n) is 2.17. The second-order valence-electron chi connectivity index (χ2n) is 4.56. The highest BCUT2D eigenvalue weighted by Crippen LogP contribution is 2.28. The molecule has 3 aromatic rings. The van der Waals surface area contributed by atoms with Crippen LogP contribution in [0.3, 0.4) is 0 Å². The van der Waals surface area contributed by atoms with Gasteiger partial charge in [-0.05, 0) is 38.1 Å². The zero-order valence-electron chi connectivity index (χ0n) is 10.7. The van der Waals surface area contributed by atoms with Gasteiger partial charge in [-0.25, -0.2) is 4.98 Å². The van der Waals surface area contributed by atoms with E-state index >= 15 is 0 Å². The smallest absolute Gasteiger partial charge is 0.140 e. The molecule has 3 rings (SSSR count). The maximum absolute atomic E-state index is 5.99. The third kappa shape index (κ3) is 2.04. The molecule has 19 heavy (non-hydrogen) atoms. The Kier molecular flexibility index (Phi) is 2.68. The molecule has 2 aromatic heterocycles. The Bertz CT molecular complexity index is 776. The molecule has 0 saturated heterocycles. The van der Waals surface area contributed by atoms with E-state index in [0.29, 0.717) is 10.7 Å². The minimum Gasteiger partial charge on any atom is -0.397 e. The van der Waals surface area contributed by atoms with Crippen molar-refractivity contribution in [2.75, 3.05) is 5.73 Å². The summed E-state index contributed by atoms with van der Waals surface area (Å²) in [5.41, 5.74) is 11.0. The van der Waals surface area contributed by atoms with Crippen molar-refractivity contribution < 1.29 is 0 Å². The minimum atomic E-state index is 0.572. The van der Waals surface area contributed by atoms with Crippen LogP contribution >= 0.6 is 11.6 Å². The van der Waals surface area contributed by atoms with Gasteiger partial charge < -0.3 is 10.7 Å². The molecule has 0 aliphatic heterocycles. The van der Waals surface area contributed by atoms with E-state index in [4.69, 9.17) is 17.3 Å². The van der Waals surface area contributed by atoms with Gasteiger partial charge in [0.15, 0.2) is 0 Å². The summed E-state index contributed by atoms with van der Waals surface area (Å²) in [6, 6.07) is 7.49. The average molecular weight is 273 g/mol. The molecule has 0 radical (unpaired) electrons. The van der Waals surface area contributed by atoms with Crippen molar-refractivity contribution in [2.24, 2.45) is 0 Å². The van der Waals surface area contributed by atoms with Crippen molar-refractivity contribution in [1.82, 2.24) is 15.0 Å². The molecule has 0 fully saturated rings. The third-order valence-corrected chi connectivity index (χ3v) is 3.28. The number of aromatic amines is 1. The van der Waals surface area contributed by atoms with Crippen molar-refractivity contribution in [3.8, 4) is 11.4 Å². The third-order valence-electron chi connectivity index (χ3n) is 3.06. The van der Waals surface area contributed by atoms with Crippen LogP contribution in [0.15, 0.2) is 24.3 Å². The monoisotopic (exact) mass is 272 g/mol. The summed E-state index contributed by atoms with van der Waals surface area (Å²) >= 11 is 5.99. The van der Waals surface area contributed by atoms with Gasteiger partial charge in [-0.2, -0.15) is 0 Å². The molecule has 0 aliphatic carbocycles. The van der Waals surface area contributed by atoms with Crippen LogP contribution in [0, 0.1) is 13.8 Å². The Morgan fingerprint density at radius 1 is 1.16 bits per heavy atom. The second-order valence-corrected chi connectivity index (χ2v) is 5.00. The Balaban J connectivity index is 2.23. The lowest BCUT2D eigenvalue weighted by atomic mass is 10.2. The molecule has 0 aliphatic rings. The Morgan fingerprint density at radius 3 is 2.68 bits per heavy atom. The number of nitrogen functional groups attached to an aromatic ring is 1. The molecule has 0 amide bonds. The van der Waals surface area contributed by atoms with E-state index in [1.165, 1.54) is 0 Å². The maximum Gasteiger partial charge on any atom is 0.140 e. The van der Waals surface area contributed by atoms with Crippen LogP contribution in [0.1, 0.15) is 11.4 Å². The molecular formula is C14H13ClN4. The molecule has 2 heterocycles. The van der Waals surface area contributed by atoms with Gasteiger partial charge in [0.05, 0.1) is 11.2 Å². The van der Waals surface area contributed by atoms with E-state index in [1.807, 2.05) is 32.0 Å². The molecule has 96 valence electrons. The van der Waals surface area contributed by atoms with Gasteiger partial charge in [0.1, 0.15) is 11.3 Å². The van der Waals surface area contributed by atoms with Gasteiger partial charge in [-0.15, -0.1) is 0 Å². The predicted molar refractivity (Wildman–Crippen MR) is 78.2 cm³/mol. The minimum absolute atomic E-state index is 0.572.